The predicted octanol–water partition coefficient (Wildman–Crippen LogP) is 3.78. The number of ether oxygens (including phenoxy) is 1. The molecule has 2 aromatic carbocycles. The van der Waals surface area contributed by atoms with Crippen molar-refractivity contribution in [3.05, 3.63) is 77.4 Å². The number of aromatic nitrogens is 3. The molecule has 4 rings (SSSR count). The lowest BCUT2D eigenvalue weighted by Gasteiger charge is -2.20. The molecule has 8 nitrogen and oxygen atoms in total. The molecule has 0 aliphatic carbocycles. The van der Waals surface area contributed by atoms with E-state index in [1.807, 2.05) is 0 Å². The number of nitrogen functional groups attached to an aromatic ring is 1. The molecule has 0 saturated heterocycles. The first kappa shape index (κ1) is 21.6. The lowest BCUT2D eigenvalue weighted by Crippen LogP contribution is -2.30. The van der Waals surface area contributed by atoms with Gasteiger partial charge in [0.05, 0.1) is 31.1 Å². The van der Waals surface area contributed by atoms with E-state index in [9.17, 15) is 14.3 Å². The Bertz CT molecular complexity index is 1400. The Morgan fingerprint density at radius 3 is 2.67 bits per heavy atom. The zero-order valence-electron chi connectivity index (χ0n) is 17.9. The lowest BCUT2D eigenvalue weighted by atomic mass is 10.1. The van der Waals surface area contributed by atoms with Crippen LogP contribution in [-0.2, 0) is 13.6 Å². The van der Waals surface area contributed by atoms with Gasteiger partial charge >= 0.3 is 6.09 Å². The van der Waals surface area contributed by atoms with Crippen LogP contribution in [0.15, 0.2) is 54.9 Å². The summed E-state index contributed by atoms with van der Waals surface area (Å²) in [6.07, 6.45) is 0.332. The quantitative estimate of drug-likeness (QED) is 0.463. The van der Waals surface area contributed by atoms with Gasteiger partial charge in [-0.2, -0.15) is 0 Å². The molecule has 4 aromatic rings. The molecule has 0 aliphatic heterocycles. The second kappa shape index (κ2) is 8.88. The lowest BCUT2D eigenvalue weighted by molar-refractivity contribution is 0.201. The summed E-state index contributed by atoms with van der Waals surface area (Å²) in [7, 11) is 3.31. The predicted molar refractivity (Wildman–Crippen MR) is 123 cm³/mol. The summed E-state index contributed by atoms with van der Waals surface area (Å²) >= 11 is 0. The van der Waals surface area contributed by atoms with Crippen LogP contribution < -0.4 is 15.4 Å². The number of methoxy groups -OCH3 is 1. The standard InChI is InChI=1S/C24H20FN5O3/c1-29-14-27-20-21(29)19(11-8-15-4-3-5-17(25)12-15)22(26)28-23(20)30(24(31)32)13-16-6-9-18(33-2)10-7-16/h3-7,9-10,12,14H,13H2,1-2H3,(H2,26,28)(H,31,32). The van der Waals surface area contributed by atoms with E-state index >= 15 is 0 Å². The molecule has 0 aliphatic rings. The first-order valence-corrected chi connectivity index (χ1v) is 9.89. The summed E-state index contributed by atoms with van der Waals surface area (Å²) in [6, 6.07) is 12.9. The Morgan fingerprint density at radius 2 is 2.00 bits per heavy atom. The third-order valence-electron chi connectivity index (χ3n) is 5.01. The van der Waals surface area contributed by atoms with E-state index in [4.69, 9.17) is 10.5 Å². The Hall–Kier alpha value is -4.58. The average molecular weight is 445 g/mol. The molecule has 2 aromatic heterocycles. The van der Waals surface area contributed by atoms with Gasteiger partial charge in [0.15, 0.2) is 5.82 Å². The van der Waals surface area contributed by atoms with Gasteiger partial charge in [-0.15, -0.1) is 0 Å². The zero-order valence-corrected chi connectivity index (χ0v) is 17.9. The third kappa shape index (κ3) is 4.41. The zero-order chi connectivity index (χ0) is 23.5. The van der Waals surface area contributed by atoms with Gasteiger partial charge in [0, 0.05) is 12.6 Å². The normalized spacial score (nSPS) is 10.5. The van der Waals surface area contributed by atoms with Gasteiger partial charge in [0.2, 0.25) is 0 Å². The first-order valence-electron chi connectivity index (χ1n) is 9.89. The molecule has 0 unspecified atom stereocenters. The van der Waals surface area contributed by atoms with Gasteiger partial charge in [-0.3, -0.25) is 4.90 Å². The van der Waals surface area contributed by atoms with Crippen LogP contribution in [0.2, 0.25) is 0 Å². The number of hydrogen-bond acceptors (Lipinski definition) is 5. The monoisotopic (exact) mass is 445 g/mol. The fraction of sp³-hybridized carbons (Fsp3) is 0.125. The van der Waals surface area contributed by atoms with Gasteiger partial charge in [0.25, 0.3) is 0 Å². The van der Waals surface area contributed by atoms with Crippen molar-refractivity contribution in [2.24, 2.45) is 7.05 Å². The number of rotatable bonds is 4. The number of halogens is 1. The van der Waals surface area contributed by atoms with Crippen molar-refractivity contribution in [2.75, 3.05) is 17.7 Å². The molecule has 0 spiro atoms. The molecular formula is C24H20FN5O3. The molecule has 1 amide bonds. The van der Waals surface area contributed by atoms with Crippen molar-refractivity contribution in [2.45, 2.75) is 6.54 Å². The molecule has 0 radical (unpaired) electrons. The fourth-order valence-electron chi connectivity index (χ4n) is 3.39. The molecular weight excluding hydrogens is 425 g/mol. The largest absolute Gasteiger partial charge is 0.497 e. The molecule has 0 saturated carbocycles. The molecule has 166 valence electrons. The number of amides is 1. The van der Waals surface area contributed by atoms with Gasteiger partial charge in [0.1, 0.15) is 22.9 Å². The number of anilines is 2. The fourth-order valence-corrected chi connectivity index (χ4v) is 3.39. The summed E-state index contributed by atoms with van der Waals surface area (Å²) in [4.78, 5) is 21.9. The van der Waals surface area contributed by atoms with Gasteiger partial charge in [-0.1, -0.05) is 30.0 Å². The van der Waals surface area contributed by atoms with E-state index in [0.717, 1.165) is 10.5 Å². The maximum Gasteiger partial charge on any atom is 0.413 e. The SMILES string of the molecule is COc1ccc(CN(C(=O)O)c2nc(N)c(C#Cc3cccc(F)c3)c3c2ncn3C)cc1. The smallest absolute Gasteiger partial charge is 0.413 e. The Labute approximate surface area is 189 Å². The minimum atomic E-state index is -1.21. The number of carbonyl (C=O) groups is 1. The summed E-state index contributed by atoms with van der Waals surface area (Å²) in [5.41, 5.74) is 8.67. The number of aryl methyl sites for hydroxylation is 1. The van der Waals surface area contributed by atoms with Crippen LogP contribution in [0.3, 0.4) is 0 Å². The minimum Gasteiger partial charge on any atom is -0.497 e. The van der Waals surface area contributed by atoms with Crippen molar-refractivity contribution in [3.8, 4) is 17.6 Å². The molecule has 33 heavy (non-hydrogen) atoms. The number of pyridine rings is 1. The van der Waals surface area contributed by atoms with E-state index in [1.54, 1.807) is 55.1 Å². The summed E-state index contributed by atoms with van der Waals surface area (Å²) < 4.78 is 20.3. The van der Waals surface area contributed by atoms with E-state index < -0.39 is 11.9 Å². The van der Waals surface area contributed by atoms with E-state index in [0.29, 0.717) is 27.9 Å². The van der Waals surface area contributed by atoms with Crippen molar-refractivity contribution in [1.29, 1.82) is 0 Å². The van der Waals surface area contributed by atoms with Crippen LogP contribution in [0.1, 0.15) is 16.7 Å². The topological polar surface area (TPSA) is 106 Å². The minimum absolute atomic E-state index is 0.0335. The first-order chi connectivity index (χ1) is 15.9. The highest BCUT2D eigenvalue weighted by molar-refractivity contribution is 6.00. The molecule has 0 bridgehead atoms. The molecule has 2 heterocycles. The summed E-state index contributed by atoms with van der Waals surface area (Å²) in [6.45, 7) is 0.0335. The second-order valence-corrected chi connectivity index (χ2v) is 7.23. The number of nitrogens with zero attached hydrogens (tertiary/aromatic N) is 4. The second-order valence-electron chi connectivity index (χ2n) is 7.23. The van der Waals surface area contributed by atoms with Gasteiger partial charge in [-0.25, -0.2) is 19.2 Å². The highest BCUT2D eigenvalue weighted by Gasteiger charge is 2.24. The van der Waals surface area contributed by atoms with E-state index in [2.05, 4.69) is 21.8 Å². The molecule has 0 fully saturated rings. The summed E-state index contributed by atoms with van der Waals surface area (Å²) in [5.74, 6) is 6.23. The molecule has 3 N–H and O–H groups in total. The average Bonchev–Trinajstić information content (AvgIpc) is 3.18. The van der Waals surface area contributed by atoms with Crippen LogP contribution >= 0.6 is 0 Å². The van der Waals surface area contributed by atoms with Crippen LogP contribution in [-0.4, -0.2) is 32.8 Å². The van der Waals surface area contributed by atoms with Crippen LogP contribution in [0, 0.1) is 17.7 Å². The van der Waals surface area contributed by atoms with Crippen LogP contribution in [0.25, 0.3) is 11.0 Å². The number of carboxylic acid groups (broad SMARTS) is 1. The van der Waals surface area contributed by atoms with Crippen molar-refractivity contribution < 1.29 is 19.0 Å². The van der Waals surface area contributed by atoms with Crippen LogP contribution in [0.4, 0.5) is 20.8 Å². The van der Waals surface area contributed by atoms with Crippen molar-refractivity contribution >= 4 is 28.8 Å². The maximum atomic E-state index is 13.5. The highest BCUT2D eigenvalue weighted by Crippen LogP contribution is 2.30. The molecule has 9 heteroatoms. The highest BCUT2D eigenvalue weighted by atomic mass is 19.1. The number of benzene rings is 2. The van der Waals surface area contributed by atoms with Crippen molar-refractivity contribution in [3.63, 3.8) is 0 Å². The number of hydrogen-bond donors (Lipinski definition) is 2. The molecule has 0 atom stereocenters. The third-order valence-corrected chi connectivity index (χ3v) is 5.01. The van der Waals surface area contributed by atoms with Crippen LogP contribution in [0.5, 0.6) is 5.75 Å². The Morgan fingerprint density at radius 1 is 1.24 bits per heavy atom. The van der Waals surface area contributed by atoms with E-state index in [1.165, 1.54) is 18.5 Å². The Balaban J connectivity index is 1.80. The van der Waals surface area contributed by atoms with Gasteiger partial charge in [-0.05, 0) is 35.9 Å². The summed E-state index contributed by atoms with van der Waals surface area (Å²) in [5, 5.41) is 9.92. The number of nitrogens with two attached hydrogens (primary N) is 1. The van der Waals surface area contributed by atoms with Crippen molar-refractivity contribution in [1.82, 2.24) is 14.5 Å². The number of imidazole rings is 1. The number of fused-ring (bicyclic) bond motifs is 1. The Kier molecular flexibility index (Phi) is 5.83. The maximum absolute atomic E-state index is 13.5. The van der Waals surface area contributed by atoms with Gasteiger partial charge < -0.3 is 20.1 Å². The van der Waals surface area contributed by atoms with E-state index in [-0.39, 0.29) is 18.2 Å².